The van der Waals surface area contributed by atoms with Crippen LogP contribution in [0.5, 0.6) is 0 Å². The van der Waals surface area contributed by atoms with Crippen LogP contribution in [0.15, 0.2) is 24.3 Å². The van der Waals surface area contributed by atoms with Crippen LogP contribution in [0.4, 0.5) is 0 Å². The van der Waals surface area contributed by atoms with E-state index in [-0.39, 0.29) is 24.4 Å². The number of benzene rings is 1. The topological polar surface area (TPSA) is 86.7 Å². The normalized spacial score (nSPS) is 10.9. The Morgan fingerprint density at radius 2 is 1.05 bits per heavy atom. The van der Waals surface area contributed by atoms with E-state index in [2.05, 4.69) is 18.2 Å². The van der Waals surface area contributed by atoms with Crippen molar-refractivity contribution in [1.82, 2.24) is 0 Å². The van der Waals surface area contributed by atoms with Crippen molar-refractivity contribution < 1.29 is 15.3 Å². The quantitative estimate of drug-likeness (QED) is 0.522. The van der Waals surface area contributed by atoms with Crippen molar-refractivity contribution in [2.75, 3.05) is 0 Å². The second kappa shape index (κ2) is 17.2. The maximum absolute atomic E-state index is 8.06. The van der Waals surface area contributed by atoms with Crippen LogP contribution in [0.2, 0.25) is 0 Å². The number of hydrogen-bond donors (Lipinski definition) is 4. The zero-order chi connectivity index (χ0) is 18.3. The number of aliphatic hydroxyl groups excluding tert-OH is 3. The summed E-state index contributed by atoms with van der Waals surface area (Å²) in [6.45, 7) is 12.4. The third-order valence-corrected chi connectivity index (χ3v) is 2.75. The Morgan fingerprint density at radius 3 is 1.23 bits per heavy atom. The fourth-order valence-corrected chi connectivity index (χ4v) is 2.06. The summed E-state index contributed by atoms with van der Waals surface area (Å²) in [4.78, 5) is 0. The molecule has 0 aromatic heterocycles. The second-order valence-electron chi connectivity index (χ2n) is 5.66. The Balaban J connectivity index is -0.000000253. The predicted molar refractivity (Wildman–Crippen MR) is 96.5 cm³/mol. The van der Waals surface area contributed by atoms with Crippen LogP contribution in [-0.4, -0.2) is 56.2 Å². The molecule has 1 atom stereocenters. The van der Waals surface area contributed by atoms with Crippen molar-refractivity contribution in [3.05, 3.63) is 29.8 Å². The summed E-state index contributed by atoms with van der Waals surface area (Å²) in [5.41, 5.74) is 7.01. The van der Waals surface area contributed by atoms with E-state index in [1.54, 1.807) is 41.5 Å². The molecule has 0 fully saturated rings. The summed E-state index contributed by atoms with van der Waals surface area (Å²) in [6.07, 6.45) is -0.500. The average Bonchev–Trinajstić information content (AvgIpc) is 2.26. The van der Waals surface area contributed by atoms with Crippen molar-refractivity contribution in [2.45, 2.75) is 72.8 Å². The minimum atomic E-state index is -0.167. The van der Waals surface area contributed by atoms with Crippen molar-refractivity contribution in [1.29, 1.82) is 0 Å². The molecule has 1 unspecified atom stereocenters. The SMILES string of the molecule is CC(C)O.CC(C)O.CC(C)O.CC(N)c1cccc[c]1[Sn]. The summed E-state index contributed by atoms with van der Waals surface area (Å²) in [5.74, 6) is 0. The molecule has 0 bridgehead atoms. The van der Waals surface area contributed by atoms with Crippen molar-refractivity contribution in [2.24, 2.45) is 5.73 Å². The Hall–Kier alpha value is -0.141. The van der Waals surface area contributed by atoms with E-state index in [1.165, 1.54) is 31.7 Å². The number of hydrogen-bond acceptors (Lipinski definition) is 4. The summed E-state index contributed by atoms with van der Waals surface area (Å²) >= 11 is 1.44. The Kier molecular flexibility index (Phi) is 20.9. The van der Waals surface area contributed by atoms with Crippen LogP contribution in [0.1, 0.15) is 60.1 Å². The first-order valence-electron chi connectivity index (χ1n) is 7.52. The van der Waals surface area contributed by atoms with Crippen LogP contribution >= 0.6 is 0 Å². The van der Waals surface area contributed by atoms with Gasteiger partial charge in [0.2, 0.25) is 0 Å². The second-order valence-corrected chi connectivity index (χ2v) is 7.19. The molecule has 1 rings (SSSR count). The molecule has 0 aliphatic heterocycles. The fourth-order valence-electron chi connectivity index (χ4n) is 0.894. The molecule has 0 saturated heterocycles. The van der Waals surface area contributed by atoms with Gasteiger partial charge >= 0.3 is 74.6 Å². The van der Waals surface area contributed by atoms with Crippen LogP contribution in [-0.2, 0) is 0 Å². The molecule has 0 aliphatic rings. The molecular weight excluding hydrogens is 385 g/mol. The number of nitrogens with two attached hydrogens (primary N) is 1. The summed E-state index contributed by atoms with van der Waals surface area (Å²) in [7, 11) is 0. The van der Waals surface area contributed by atoms with Gasteiger partial charge in [-0.3, -0.25) is 0 Å². The molecule has 0 heterocycles. The molecule has 22 heavy (non-hydrogen) atoms. The van der Waals surface area contributed by atoms with Gasteiger partial charge in [-0.25, -0.2) is 0 Å². The van der Waals surface area contributed by atoms with E-state index < -0.39 is 0 Å². The fraction of sp³-hybridized carbons (Fsp3) is 0.647. The van der Waals surface area contributed by atoms with E-state index in [9.17, 15) is 0 Å². The van der Waals surface area contributed by atoms with Crippen LogP contribution < -0.4 is 9.31 Å². The van der Waals surface area contributed by atoms with Crippen molar-refractivity contribution in [3.63, 3.8) is 0 Å². The van der Waals surface area contributed by atoms with Crippen LogP contribution in [0.25, 0.3) is 0 Å². The van der Waals surface area contributed by atoms with E-state index in [0.29, 0.717) is 0 Å². The van der Waals surface area contributed by atoms with Gasteiger partial charge in [-0.1, -0.05) is 0 Å². The van der Waals surface area contributed by atoms with Gasteiger partial charge in [-0.05, 0) is 41.5 Å². The van der Waals surface area contributed by atoms with Crippen molar-refractivity contribution in [3.8, 4) is 0 Å². The summed E-state index contributed by atoms with van der Waals surface area (Å²) in [5, 5.41) is 24.2. The third kappa shape index (κ3) is 32.0. The molecule has 4 nitrogen and oxygen atoms in total. The third-order valence-electron chi connectivity index (χ3n) is 1.45. The maximum atomic E-state index is 8.06. The average molecular weight is 419 g/mol. The minimum absolute atomic E-state index is 0.167. The first-order valence-corrected chi connectivity index (χ1v) is 8.94. The van der Waals surface area contributed by atoms with Gasteiger partial charge in [0.1, 0.15) is 0 Å². The first-order chi connectivity index (χ1) is 9.91. The molecule has 129 valence electrons. The molecule has 0 amide bonds. The van der Waals surface area contributed by atoms with Gasteiger partial charge in [0.15, 0.2) is 0 Å². The van der Waals surface area contributed by atoms with E-state index in [0.717, 1.165) is 0 Å². The van der Waals surface area contributed by atoms with E-state index in [1.807, 2.05) is 13.0 Å². The number of rotatable bonds is 1. The van der Waals surface area contributed by atoms with Gasteiger partial charge < -0.3 is 15.3 Å². The molecule has 5 N–H and O–H groups in total. The monoisotopic (exact) mass is 420 g/mol. The zero-order valence-electron chi connectivity index (χ0n) is 15.0. The van der Waals surface area contributed by atoms with Crippen LogP contribution in [0.3, 0.4) is 0 Å². The standard InChI is InChI=1S/C8H10N.3C3H8O.Sn/c1-7(9)8-5-3-2-4-6-8;3*1-3(2)4;/h2-5,7H,9H2,1H3;3*3-4H,1-2H3;. The van der Waals surface area contributed by atoms with E-state index in [4.69, 9.17) is 21.1 Å². The predicted octanol–water partition coefficient (Wildman–Crippen LogP) is 1.66. The van der Waals surface area contributed by atoms with Gasteiger partial charge in [-0.2, -0.15) is 0 Å². The molecule has 0 spiro atoms. The van der Waals surface area contributed by atoms with Crippen molar-refractivity contribution >= 4 is 26.1 Å². The van der Waals surface area contributed by atoms with Gasteiger partial charge in [-0.15, -0.1) is 0 Å². The molecule has 5 heteroatoms. The van der Waals surface area contributed by atoms with Gasteiger partial charge in [0.05, 0.1) is 0 Å². The van der Waals surface area contributed by atoms with E-state index >= 15 is 0 Å². The van der Waals surface area contributed by atoms with Gasteiger partial charge in [0.25, 0.3) is 0 Å². The van der Waals surface area contributed by atoms with Crippen LogP contribution in [0, 0.1) is 0 Å². The molecule has 3 radical (unpaired) electrons. The first kappa shape index (κ1) is 26.7. The Bertz CT molecular complexity index is 320. The molecule has 0 aliphatic carbocycles. The van der Waals surface area contributed by atoms with Gasteiger partial charge in [0, 0.05) is 18.3 Å². The molecule has 1 aromatic carbocycles. The molecular formula is C17H34NO3Sn. The molecule has 1 aromatic rings. The summed E-state index contributed by atoms with van der Waals surface area (Å²) in [6, 6.07) is 8.48. The Labute approximate surface area is 149 Å². The Morgan fingerprint density at radius 1 is 0.773 bits per heavy atom. The zero-order valence-corrected chi connectivity index (χ0v) is 17.9. The summed E-state index contributed by atoms with van der Waals surface area (Å²) < 4.78 is 1.37. The number of aliphatic hydroxyl groups is 3. The molecule has 0 saturated carbocycles.